The molecule has 1 heterocycles. The van der Waals surface area contributed by atoms with Gasteiger partial charge in [0, 0.05) is 21.7 Å². The van der Waals surface area contributed by atoms with E-state index in [0.29, 0.717) is 22.5 Å². The molecule has 0 spiro atoms. The van der Waals surface area contributed by atoms with Gasteiger partial charge in [0.2, 0.25) is 0 Å². The van der Waals surface area contributed by atoms with Crippen LogP contribution in [0.4, 0.5) is 0 Å². The monoisotopic (exact) mass is 439 g/mol. The van der Waals surface area contributed by atoms with E-state index in [4.69, 9.17) is 26.6 Å². The topological polar surface area (TPSA) is 38.7 Å². The lowest BCUT2D eigenvalue weighted by atomic mass is 10.0. The maximum atomic E-state index is 6.21. The van der Waals surface area contributed by atoms with Crippen molar-refractivity contribution in [1.82, 2.24) is 15.0 Å². The minimum absolute atomic E-state index is 0.613. The molecular weight excluding hydrogens is 414 g/mol. The summed E-state index contributed by atoms with van der Waals surface area (Å²) in [5, 5.41) is 0.653. The van der Waals surface area contributed by atoms with Crippen LogP contribution in [0.2, 0.25) is 5.02 Å². The average Bonchev–Trinajstić information content (AvgIpc) is 2.87. The molecule has 0 unspecified atom stereocenters. The summed E-state index contributed by atoms with van der Waals surface area (Å²) < 4.78 is 0. The highest BCUT2D eigenvalue weighted by molar-refractivity contribution is 6.30. The Balaban J connectivity index is 0.00000141. The number of benzene rings is 2. The van der Waals surface area contributed by atoms with Crippen LogP contribution in [0.1, 0.15) is 31.2 Å². The molecule has 0 bridgehead atoms. The van der Waals surface area contributed by atoms with Gasteiger partial charge in [0.1, 0.15) is 0 Å². The van der Waals surface area contributed by atoms with Gasteiger partial charge in [-0.3, -0.25) is 0 Å². The molecule has 1 aliphatic carbocycles. The Morgan fingerprint density at radius 3 is 2.19 bits per heavy atom. The Labute approximate surface area is 195 Å². The van der Waals surface area contributed by atoms with Crippen LogP contribution in [0.5, 0.6) is 0 Å². The van der Waals surface area contributed by atoms with Crippen LogP contribution >= 0.6 is 11.6 Å². The standard InChI is InChI=1S/C26H22ClN3.C2H4/c1-3-18(4-2)19-13-15-21(16-14-19)25-28-24(20-9-6-5-7-10-20)29-26(30-25)22-11-8-12-23(27)17-22;1-2/h3-4,6,8-17H,1,5,7H2,2H3;1-2H2/b18-4+;. The normalized spacial score (nSPS) is 13.1. The smallest absolute Gasteiger partial charge is 0.164 e. The summed E-state index contributed by atoms with van der Waals surface area (Å²) in [5.74, 6) is 1.93. The van der Waals surface area contributed by atoms with Crippen LogP contribution in [0, 0.1) is 0 Å². The molecule has 4 rings (SSSR count). The first kappa shape index (κ1) is 23.1. The lowest BCUT2D eigenvalue weighted by molar-refractivity contribution is 1.01. The van der Waals surface area contributed by atoms with Gasteiger partial charge in [-0.05, 0) is 43.0 Å². The number of allylic oxidation sites excluding steroid dienone is 7. The van der Waals surface area contributed by atoms with E-state index in [9.17, 15) is 0 Å². The Kier molecular flexibility index (Phi) is 8.07. The number of hydrogen-bond donors (Lipinski definition) is 0. The number of hydrogen-bond acceptors (Lipinski definition) is 3. The van der Waals surface area contributed by atoms with Gasteiger partial charge in [-0.1, -0.05) is 85.0 Å². The number of aromatic nitrogens is 3. The van der Waals surface area contributed by atoms with Crippen molar-refractivity contribution >= 4 is 22.7 Å². The first-order chi connectivity index (χ1) is 15.7. The summed E-state index contributed by atoms with van der Waals surface area (Å²) in [5.41, 5.74) is 5.03. The summed E-state index contributed by atoms with van der Waals surface area (Å²) in [7, 11) is 0. The van der Waals surface area contributed by atoms with E-state index in [1.54, 1.807) is 0 Å². The molecule has 32 heavy (non-hydrogen) atoms. The van der Waals surface area contributed by atoms with Crippen molar-refractivity contribution in [3.8, 4) is 22.8 Å². The predicted octanol–water partition coefficient (Wildman–Crippen LogP) is 7.98. The fourth-order valence-electron chi connectivity index (χ4n) is 3.38. The predicted molar refractivity (Wildman–Crippen MR) is 137 cm³/mol. The zero-order valence-electron chi connectivity index (χ0n) is 18.3. The molecule has 4 heteroatoms. The van der Waals surface area contributed by atoms with E-state index < -0.39 is 0 Å². The third kappa shape index (κ3) is 5.37. The second-order valence-electron chi connectivity index (χ2n) is 6.98. The van der Waals surface area contributed by atoms with Crippen LogP contribution < -0.4 is 0 Å². The molecule has 2 aromatic carbocycles. The van der Waals surface area contributed by atoms with Gasteiger partial charge < -0.3 is 0 Å². The SMILES string of the molecule is C=C.C=C/C(=C\C)c1ccc(-c2nc(C3=CCCC=C3)nc(-c3cccc(Cl)c3)n2)cc1. The van der Waals surface area contributed by atoms with E-state index in [1.165, 1.54) is 0 Å². The molecule has 3 aromatic rings. The second kappa shape index (κ2) is 11.2. The molecule has 0 amide bonds. The summed E-state index contributed by atoms with van der Waals surface area (Å²) >= 11 is 6.21. The first-order valence-corrected chi connectivity index (χ1v) is 10.8. The first-order valence-electron chi connectivity index (χ1n) is 10.5. The molecule has 0 fully saturated rings. The number of rotatable bonds is 5. The van der Waals surface area contributed by atoms with Crippen molar-refractivity contribution < 1.29 is 0 Å². The Morgan fingerprint density at radius 2 is 1.59 bits per heavy atom. The van der Waals surface area contributed by atoms with Crippen molar-refractivity contribution in [3.05, 3.63) is 115 Å². The fourth-order valence-corrected chi connectivity index (χ4v) is 3.57. The van der Waals surface area contributed by atoms with Gasteiger partial charge in [-0.15, -0.1) is 13.2 Å². The van der Waals surface area contributed by atoms with Gasteiger partial charge in [0.25, 0.3) is 0 Å². The largest absolute Gasteiger partial charge is 0.208 e. The third-order valence-corrected chi connectivity index (χ3v) is 5.21. The highest BCUT2D eigenvalue weighted by atomic mass is 35.5. The Bertz CT molecular complexity index is 1190. The summed E-state index contributed by atoms with van der Waals surface area (Å²) in [6.45, 7) is 11.9. The maximum absolute atomic E-state index is 6.21. The van der Waals surface area contributed by atoms with Crippen molar-refractivity contribution in [2.75, 3.05) is 0 Å². The Hall–Kier alpha value is -3.56. The van der Waals surface area contributed by atoms with E-state index in [1.807, 2.05) is 55.5 Å². The molecular formula is C28H26ClN3. The number of halogens is 1. The summed E-state index contributed by atoms with van der Waals surface area (Å²) in [6.07, 6.45) is 12.3. The van der Waals surface area contributed by atoms with Gasteiger partial charge in [-0.2, -0.15) is 0 Å². The molecule has 1 aromatic heterocycles. The maximum Gasteiger partial charge on any atom is 0.164 e. The zero-order chi connectivity index (χ0) is 22.9. The fraction of sp³-hybridized carbons (Fsp3) is 0.107. The highest BCUT2D eigenvalue weighted by Crippen LogP contribution is 2.27. The summed E-state index contributed by atoms with van der Waals surface area (Å²) in [6, 6.07) is 15.8. The lowest BCUT2D eigenvalue weighted by Crippen LogP contribution is -2.03. The van der Waals surface area contributed by atoms with E-state index in [0.717, 1.165) is 40.7 Å². The Morgan fingerprint density at radius 1 is 0.906 bits per heavy atom. The molecule has 3 nitrogen and oxygen atoms in total. The quantitative estimate of drug-likeness (QED) is 0.298. The van der Waals surface area contributed by atoms with Gasteiger partial charge in [0.15, 0.2) is 17.5 Å². The third-order valence-electron chi connectivity index (χ3n) is 4.98. The zero-order valence-corrected chi connectivity index (χ0v) is 19.0. The van der Waals surface area contributed by atoms with Crippen LogP contribution in [0.15, 0.2) is 98.6 Å². The lowest BCUT2D eigenvalue weighted by Gasteiger charge is -2.11. The molecule has 0 saturated carbocycles. The van der Waals surface area contributed by atoms with Crippen molar-refractivity contribution in [2.45, 2.75) is 19.8 Å². The van der Waals surface area contributed by atoms with E-state index >= 15 is 0 Å². The van der Waals surface area contributed by atoms with Crippen molar-refractivity contribution in [1.29, 1.82) is 0 Å². The molecule has 0 atom stereocenters. The van der Waals surface area contributed by atoms with Crippen LogP contribution in [-0.4, -0.2) is 15.0 Å². The molecule has 0 aliphatic heterocycles. The van der Waals surface area contributed by atoms with E-state index in [2.05, 4.69) is 50.1 Å². The van der Waals surface area contributed by atoms with Crippen LogP contribution in [-0.2, 0) is 0 Å². The van der Waals surface area contributed by atoms with Crippen LogP contribution in [0.3, 0.4) is 0 Å². The number of nitrogens with zero attached hydrogens (tertiary/aromatic N) is 3. The molecule has 1 aliphatic rings. The van der Waals surface area contributed by atoms with Gasteiger partial charge in [0.05, 0.1) is 0 Å². The molecule has 160 valence electrons. The van der Waals surface area contributed by atoms with Crippen molar-refractivity contribution in [2.24, 2.45) is 0 Å². The minimum Gasteiger partial charge on any atom is -0.208 e. The van der Waals surface area contributed by atoms with E-state index in [-0.39, 0.29) is 0 Å². The summed E-state index contributed by atoms with van der Waals surface area (Å²) in [4.78, 5) is 14.3. The second-order valence-corrected chi connectivity index (χ2v) is 7.42. The molecule has 0 radical (unpaired) electrons. The molecule has 0 saturated heterocycles. The molecule has 0 N–H and O–H groups in total. The minimum atomic E-state index is 0.613. The van der Waals surface area contributed by atoms with Gasteiger partial charge >= 0.3 is 0 Å². The average molecular weight is 440 g/mol. The van der Waals surface area contributed by atoms with Crippen molar-refractivity contribution in [3.63, 3.8) is 0 Å². The van der Waals surface area contributed by atoms with Gasteiger partial charge in [-0.25, -0.2) is 15.0 Å². The van der Waals surface area contributed by atoms with Crippen LogP contribution in [0.25, 0.3) is 33.9 Å². The highest BCUT2D eigenvalue weighted by Gasteiger charge is 2.14.